The molecule has 6 heteroatoms. The van der Waals surface area contributed by atoms with E-state index in [0.717, 1.165) is 41.4 Å². The lowest BCUT2D eigenvalue weighted by atomic mass is 9.52. The monoisotopic (exact) mass is 395 g/mol. The Morgan fingerprint density at radius 3 is 3.00 bits per heavy atom. The second-order valence-corrected chi connectivity index (χ2v) is 8.11. The molecule has 130 valence electrons. The molecule has 1 saturated heterocycles. The van der Waals surface area contributed by atoms with Crippen molar-refractivity contribution >= 4 is 21.7 Å². The predicted molar refractivity (Wildman–Crippen MR) is 92.3 cm³/mol. The number of phenols is 1. The molecular weight excluding hydrogens is 374 g/mol. The zero-order chi connectivity index (χ0) is 17.1. The first-order valence-electron chi connectivity index (χ1n) is 8.47. The minimum absolute atomic E-state index is 0.0419. The third kappa shape index (κ3) is 2.09. The van der Waals surface area contributed by atoms with Gasteiger partial charge in [0.05, 0.1) is 13.8 Å². The Balaban J connectivity index is 1.97. The highest BCUT2D eigenvalue weighted by atomic mass is 79.9. The average molecular weight is 396 g/mol. The summed E-state index contributed by atoms with van der Waals surface area (Å²) < 4.78 is 6.27. The quantitative estimate of drug-likeness (QED) is 0.803. The minimum Gasteiger partial charge on any atom is -0.504 e. The standard InChI is InChI=1S/C18H22BrNO4/c1-24-15-7-13(19)11-6-14-12-3-2-10(22)8-18(12,16(11)17(15)23)4-5-20(14)9-21/h7,12,14,21,23H,2-6,8-9H2,1H3. The Morgan fingerprint density at radius 2 is 2.29 bits per heavy atom. The predicted octanol–water partition coefficient (Wildman–Crippen LogP) is 2.35. The van der Waals surface area contributed by atoms with Gasteiger partial charge in [0.1, 0.15) is 5.78 Å². The number of halogens is 1. The molecule has 1 aromatic rings. The maximum Gasteiger partial charge on any atom is 0.161 e. The number of ether oxygens (including phenoxy) is 1. The fourth-order valence-electron chi connectivity index (χ4n) is 5.36. The lowest BCUT2D eigenvalue weighted by molar-refractivity contribution is -0.128. The maximum absolute atomic E-state index is 12.3. The molecule has 5 nitrogen and oxygen atoms in total. The van der Waals surface area contributed by atoms with Gasteiger partial charge in [-0.15, -0.1) is 0 Å². The Hall–Kier alpha value is -1.11. The van der Waals surface area contributed by atoms with Crippen LogP contribution in [-0.4, -0.2) is 47.3 Å². The molecule has 2 aliphatic carbocycles. The zero-order valence-corrected chi connectivity index (χ0v) is 15.3. The van der Waals surface area contributed by atoms with Gasteiger partial charge in [-0.1, -0.05) is 15.9 Å². The van der Waals surface area contributed by atoms with Crippen LogP contribution in [0.2, 0.25) is 0 Å². The second-order valence-electron chi connectivity index (χ2n) is 7.25. The molecule has 1 saturated carbocycles. The van der Waals surface area contributed by atoms with Gasteiger partial charge in [0.2, 0.25) is 0 Å². The molecule has 4 rings (SSSR count). The van der Waals surface area contributed by atoms with Crippen molar-refractivity contribution < 1.29 is 19.7 Å². The molecule has 2 fully saturated rings. The number of benzene rings is 1. The van der Waals surface area contributed by atoms with E-state index in [4.69, 9.17) is 4.74 Å². The molecule has 24 heavy (non-hydrogen) atoms. The summed E-state index contributed by atoms with van der Waals surface area (Å²) in [6.07, 6.45) is 3.46. The number of carbonyl (C=O) groups is 1. The highest BCUT2D eigenvalue weighted by Gasteiger charge is 2.57. The summed E-state index contributed by atoms with van der Waals surface area (Å²) in [5.41, 5.74) is 1.63. The van der Waals surface area contributed by atoms with Crippen molar-refractivity contribution in [2.75, 3.05) is 20.4 Å². The van der Waals surface area contributed by atoms with E-state index in [-0.39, 0.29) is 35.6 Å². The highest BCUT2D eigenvalue weighted by molar-refractivity contribution is 9.10. The number of piperidine rings is 1. The number of phenolic OH excluding ortho intramolecular Hbond substituents is 1. The van der Waals surface area contributed by atoms with Crippen LogP contribution in [-0.2, 0) is 16.6 Å². The molecule has 3 atom stereocenters. The molecule has 0 radical (unpaired) electrons. The molecule has 1 aliphatic heterocycles. The molecule has 0 amide bonds. The second kappa shape index (κ2) is 5.71. The van der Waals surface area contributed by atoms with Crippen LogP contribution >= 0.6 is 15.9 Å². The van der Waals surface area contributed by atoms with E-state index in [2.05, 4.69) is 20.8 Å². The molecule has 1 aromatic carbocycles. The molecular formula is C18H22BrNO4. The van der Waals surface area contributed by atoms with Gasteiger partial charge in [-0.25, -0.2) is 0 Å². The van der Waals surface area contributed by atoms with Crippen LogP contribution < -0.4 is 4.74 Å². The zero-order valence-electron chi connectivity index (χ0n) is 13.7. The lowest BCUT2D eigenvalue weighted by Gasteiger charge is -2.58. The Bertz CT molecular complexity index is 707. The van der Waals surface area contributed by atoms with Gasteiger partial charge in [0, 0.05) is 40.9 Å². The fourth-order valence-corrected chi connectivity index (χ4v) is 5.93. The van der Waals surface area contributed by atoms with Gasteiger partial charge in [0.15, 0.2) is 11.5 Å². The number of methoxy groups -OCH3 is 1. The molecule has 2 bridgehead atoms. The van der Waals surface area contributed by atoms with Crippen molar-refractivity contribution in [1.82, 2.24) is 4.90 Å². The number of likely N-dealkylation sites (tertiary alicyclic amines) is 1. The van der Waals surface area contributed by atoms with Crippen LogP contribution in [0.25, 0.3) is 0 Å². The number of aliphatic hydroxyl groups excluding tert-OH is 1. The Kier molecular flexibility index (Phi) is 3.90. The smallest absolute Gasteiger partial charge is 0.161 e. The van der Waals surface area contributed by atoms with Gasteiger partial charge >= 0.3 is 0 Å². The first-order valence-corrected chi connectivity index (χ1v) is 9.26. The summed E-state index contributed by atoms with van der Waals surface area (Å²) in [5.74, 6) is 1.20. The molecule has 1 heterocycles. The summed E-state index contributed by atoms with van der Waals surface area (Å²) in [6.45, 7) is 0.791. The number of Topliss-reactive ketones (excluding diaryl/α,β-unsaturated/α-hetero) is 1. The first-order chi connectivity index (χ1) is 11.5. The van der Waals surface area contributed by atoms with Crippen LogP contribution in [0.15, 0.2) is 10.5 Å². The van der Waals surface area contributed by atoms with Crippen LogP contribution in [0.5, 0.6) is 11.5 Å². The van der Waals surface area contributed by atoms with E-state index in [1.54, 1.807) is 13.2 Å². The van der Waals surface area contributed by atoms with Crippen molar-refractivity contribution in [3.63, 3.8) is 0 Å². The van der Waals surface area contributed by atoms with Crippen LogP contribution in [0.4, 0.5) is 0 Å². The van der Waals surface area contributed by atoms with Gasteiger partial charge in [-0.2, -0.15) is 0 Å². The number of aromatic hydroxyl groups is 1. The third-order valence-electron chi connectivity index (χ3n) is 6.37. The Morgan fingerprint density at radius 1 is 1.50 bits per heavy atom. The van der Waals surface area contributed by atoms with Gasteiger partial charge < -0.3 is 14.9 Å². The number of ketones is 1. The van der Waals surface area contributed by atoms with Gasteiger partial charge in [-0.3, -0.25) is 9.69 Å². The first kappa shape index (κ1) is 16.4. The molecule has 3 unspecified atom stereocenters. The molecule has 0 spiro atoms. The van der Waals surface area contributed by atoms with Crippen molar-refractivity contribution in [3.8, 4) is 11.5 Å². The summed E-state index contributed by atoms with van der Waals surface area (Å²) in [4.78, 5) is 14.5. The van der Waals surface area contributed by atoms with E-state index in [9.17, 15) is 15.0 Å². The van der Waals surface area contributed by atoms with E-state index in [1.807, 2.05) is 0 Å². The fraction of sp³-hybridized carbons (Fsp3) is 0.611. The number of hydrogen-bond acceptors (Lipinski definition) is 5. The van der Waals surface area contributed by atoms with Crippen LogP contribution in [0, 0.1) is 5.92 Å². The summed E-state index contributed by atoms with van der Waals surface area (Å²) in [5, 5.41) is 20.7. The van der Waals surface area contributed by atoms with Crippen molar-refractivity contribution in [2.24, 2.45) is 5.92 Å². The normalized spacial score (nSPS) is 32.2. The number of aliphatic hydroxyl groups is 1. The molecule has 2 N–H and O–H groups in total. The van der Waals surface area contributed by atoms with Gasteiger partial charge in [-0.05, 0) is 36.8 Å². The van der Waals surface area contributed by atoms with E-state index in [0.29, 0.717) is 18.6 Å². The summed E-state index contributed by atoms with van der Waals surface area (Å²) in [7, 11) is 1.55. The Labute approximate surface area is 149 Å². The van der Waals surface area contributed by atoms with Crippen molar-refractivity contribution in [2.45, 2.75) is 43.6 Å². The molecule has 0 aromatic heterocycles. The topological polar surface area (TPSA) is 70.0 Å². The minimum atomic E-state index is -0.333. The van der Waals surface area contributed by atoms with Gasteiger partial charge in [0.25, 0.3) is 0 Å². The number of rotatable bonds is 2. The highest BCUT2D eigenvalue weighted by Crippen LogP contribution is 2.59. The number of hydrogen-bond donors (Lipinski definition) is 2. The third-order valence-corrected chi connectivity index (χ3v) is 7.07. The number of carbonyl (C=O) groups excluding carboxylic acids is 1. The SMILES string of the molecule is COc1cc(Br)c2c(c1O)C13CCN(CO)C(C2)C1CCC(=O)C3. The molecule has 3 aliphatic rings. The van der Waals surface area contributed by atoms with Crippen LogP contribution in [0.3, 0.4) is 0 Å². The van der Waals surface area contributed by atoms with Crippen molar-refractivity contribution in [3.05, 3.63) is 21.7 Å². The lowest BCUT2D eigenvalue weighted by Crippen LogP contribution is -2.62. The van der Waals surface area contributed by atoms with E-state index < -0.39 is 0 Å². The number of nitrogens with zero attached hydrogens (tertiary/aromatic N) is 1. The van der Waals surface area contributed by atoms with E-state index >= 15 is 0 Å². The maximum atomic E-state index is 12.3. The summed E-state index contributed by atoms with van der Waals surface area (Å²) in [6, 6.07) is 2.02. The largest absolute Gasteiger partial charge is 0.504 e. The summed E-state index contributed by atoms with van der Waals surface area (Å²) >= 11 is 3.63. The average Bonchev–Trinajstić information content (AvgIpc) is 2.57. The van der Waals surface area contributed by atoms with Crippen molar-refractivity contribution in [1.29, 1.82) is 0 Å². The van der Waals surface area contributed by atoms with Crippen LogP contribution in [0.1, 0.15) is 36.8 Å². The number of fused-ring (bicyclic) bond motifs is 1. The van der Waals surface area contributed by atoms with E-state index in [1.165, 1.54) is 0 Å².